The molecule has 1 rings (SSSR count). The van der Waals surface area contributed by atoms with E-state index in [-0.39, 0.29) is 0 Å². The average Bonchev–Trinajstić information content (AvgIpc) is 2.14. The van der Waals surface area contributed by atoms with Crippen LogP contribution in [0.1, 0.15) is 18.9 Å². The molecule has 0 saturated carbocycles. The van der Waals surface area contributed by atoms with Crippen LogP contribution in [0.2, 0.25) is 0 Å². The Hall–Kier alpha value is -1.01. The molecule has 0 bridgehead atoms. The second-order valence-corrected chi connectivity index (χ2v) is 4.82. The molecule has 0 aliphatic rings. The van der Waals surface area contributed by atoms with Gasteiger partial charge in [0.15, 0.2) is 0 Å². The highest BCUT2D eigenvalue weighted by Gasteiger charge is 2.15. The van der Waals surface area contributed by atoms with Crippen LogP contribution in [0.5, 0.6) is 0 Å². The molecule has 1 aromatic rings. The molecule has 1 radical (unpaired) electrons. The normalized spacial score (nSPS) is 12.0. The van der Waals surface area contributed by atoms with Gasteiger partial charge in [0.1, 0.15) is 0 Å². The highest BCUT2D eigenvalue weighted by molar-refractivity contribution is 7.88. The number of hydrogen-bond donors (Lipinski definition) is 1. The Morgan fingerprint density at radius 1 is 1.53 bits per heavy atom. The summed E-state index contributed by atoms with van der Waals surface area (Å²) < 4.78 is 36.9. The summed E-state index contributed by atoms with van der Waals surface area (Å²) in [6.07, 6.45) is 2.87. The van der Waals surface area contributed by atoms with Crippen LogP contribution in [0.4, 0.5) is 4.39 Å². The average molecular weight is 231 g/mol. The third-order valence-electron chi connectivity index (χ3n) is 1.74. The van der Waals surface area contributed by atoms with Crippen molar-refractivity contribution in [3.8, 4) is 0 Å². The van der Waals surface area contributed by atoms with Crippen molar-refractivity contribution in [3.05, 3.63) is 35.9 Å². The van der Waals surface area contributed by atoms with Crippen molar-refractivity contribution in [1.82, 2.24) is 9.71 Å². The van der Waals surface area contributed by atoms with Crippen molar-refractivity contribution < 1.29 is 12.8 Å². The fourth-order valence-corrected chi connectivity index (χ4v) is 1.82. The first kappa shape index (κ1) is 12.1. The number of nitrogens with zero attached hydrogens (tertiary/aromatic N) is 1. The molecule has 0 amide bonds. The Morgan fingerprint density at radius 3 is 2.60 bits per heavy atom. The predicted octanol–water partition coefficient (Wildman–Crippen LogP) is 1.06. The molecule has 1 heterocycles. The van der Waals surface area contributed by atoms with Crippen LogP contribution < -0.4 is 4.72 Å². The van der Waals surface area contributed by atoms with Gasteiger partial charge in [0.25, 0.3) is 0 Å². The Morgan fingerprint density at radius 2 is 2.20 bits per heavy atom. The zero-order valence-corrected chi connectivity index (χ0v) is 9.31. The fourth-order valence-electron chi connectivity index (χ4n) is 1.11. The molecule has 0 spiro atoms. The minimum Gasteiger partial charge on any atom is -0.228 e. The number of hydrogen-bond acceptors (Lipinski definition) is 3. The molecule has 0 fully saturated rings. The molecule has 0 saturated heterocycles. The van der Waals surface area contributed by atoms with Gasteiger partial charge in [-0.1, -0.05) is 13.0 Å². The molecule has 0 aliphatic heterocycles. The molecular weight excluding hydrogens is 219 g/mol. The summed E-state index contributed by atoms with van der Waals surface area (Å²) in [5, 5.41) is 0. The van der Waals surface area contributed by atoms with Gasteiger partial charge in [0, 0.05) is 6.20 Å². The van der Waals surface area contributed by atoms with Gasteiger partial charge < -0.3 is 0 Å². The molecule has 15 heavy (non-hydrogen) atoms. The van der Waals surface area contributed by atoms with Gasteiger partial charge >= 0.3 is 0 Å². The van der Waals surface area contributed by atoms with E-state index in [0.717, 1.165) is 6.26 Å². The van der Waals surface area contributed by atoms with Crippen LogP contribution in [0.3, 0.4) is 0 Å². The molecule has 4 nitrogen and oxygen atoms in total. The number of aromatic nitrogens is 1. The number of sulfonamides is 1. The smallest absolute Gasteiger partial charge is 0.212 e. The van der Waals surface area contributed by atoms with Crippen LogP contribution >= 0.6 is 0 Å². The molecular formula is C9H12FN2O2S. The van der Waals surface area contributed by atoms with Crippen LogP contribution in [-0.4, -0.2) is 19.7 Å². The molecule has 1 N–H and O–H groups in total. The van der Waals surface area contributed by atoms with E-state index < -0.39 is 16.0 Å². The van der Waals surface area contributed by atoms with Crippen molar-refractivity contribution in [3.63, 3.8) is 0 Å². The maximum atomic E-state index is 12.5. The van der Waals surface area contributed by atoms with Gasteiger partial charge in [-0.25, -0.2) is 18.1 Å². The zero-order chi connectivity index (χ0) is 11.5. The molecule has 6 heteroatoms. The van der Waals surface area contributed by atoms with Crippen molar-refractivity contribution >= 4 is 10.0 Å². The summed E-state index contributed by atoms with van der Waals surface area (Å²) in [4.78, 5) is 3.46. The van der Waals surface area contributed by atoms with E-state index in [2.05, 4.69) is 9.71 Å². The Labute approximate surface area is 88.6 Å². The first-order valence-electron chi connectivity index (χ1n) is 4.38. The van der Waals surface area contributed by atoms with Gasteiger partial charge in [-0.3, -0.25) is 0 Å². The lowest BCUT2D eigenvalue weighted by Crippen LogP contribution is -2.27. The number of halogens is 1. The Kier molecular flexibility index (Phi) is 3.76. The Balaban J connectivity index is 2.88. The predicted molar refractivity (Wildman–Crippen MR) is 54.8 cm³/mol. The number of rotatable bonds is 4. The molecule has 0 atom stereocenters. The van der Waals surface area contributed by atoms with Gasteiger partial charge in [0.2, 0.25) is 16.0 Å². The quantitative estimate of drug-likeness (QED) is 0.788. The SMILES string of the molecule is CC[C](NS(C)(=O)=O)c1ccc(F)nc1. The fraction of sp³-hybridized carbons (Fsp3) is 0.333. The summed E-state index contributed by atoms with van der Waals surface area (Å²) in [6, 6.07) is 3.18. The van der Waals surface area contributed by atoms with E-state index in [1.807, 2.05) is 0 Å². The lowest BCUT2D eigenvalue weighted by molar-refractivity contribution is 0.580. The minimum atomic E-state index is -3.30. The zero-order valence-electron chi connectivity index (χ0n) is 8.49. The van der Waals surface area contributed by atoms with Gasteiger partial charge in [-0.05, 0) is 18.1 Å². The van der Waals surface area contributed by atoms with Gasteiger partial charge in [0.05, 0.1) is 12.3 Å². The maximum absolute atomic E-state index is 12.5. The van der Waals surface area contributed by atoms with E-state index in [4.69, 9.17) is 0 Å². The number of pyridine rings is 1. The summed E-state index contributed by atoms with van der Waals surface area (Å²) in [7, 11) is -3.30. The first-order chi connectivity index (χ1) is 6.92. The first-order valence-corrected chi connectivity index (χ1v) is 6.27. The Bertz CT molecular complexity index is 416. The molecule has 0 aromatic carbocycles. The van der Waals surface area contributed by atoms with Crippen LogP contribution in [0.15, 0.2) is 18.3 Å². The molecule has 0 aliphatic carbocycles. The highest BCUT2D eigenvalue weighted by atomic mass is 32.2. The van der Waals surface area contributed by atoms with Crippen LogP contribution in [0, 0.1) is 12.0 Å². The van der Waals surface area contributed by atoms with E-state index in [1.54, 1.807) is 6.92 Å². The molecule has 0 unspecified atom stereocenters. The van der Waals surface area contributed by atoms with E-state index in [1.165, 1.54) is 18.3 Å². The van der Waals surface area contributed by atoms with Crippen molar-refractivity contribution in [1.29, 1.82) is 0 Å². The minimum absolute atomic E-state index is 0.500. The lowest BCUT2D eigenvalue weighted by atomic mass is 10.1. The second kappa shape index (κ2) is 4.67. The summed E-state index contributed by atoms with van der Waals surface area (Å²) in [5.74, 6) is -0.589. The molecule has 83 valence electrons. The number of nitrogens with one attached hydrogen (secondary N) is 1. The van der Waals surface area contributed by atoms with Gasteiger partial charge in [-0.2, -0.15) is 4.39 Å². The van der Waals surface area contributed by atoms with Crippen LogP contribution in [0.25, 0.3) is 0 Å². The standard InChI is InChI=1S/C9H12FN2O2S/c1-3-8(12-15(2,13)14)7-4-5-9(10)11-6-7/h4-6,12H,3H2,1-2H3. The maximum Gasteiger partial charge on any atom is 0.212 e. The van der Waals surface area contributed by atoms with Gasteiger partial charge in [-0.15, -0.1) is 0 Å². The lowest BCUT2D eigenvalue weighted by Gasteiger charge is -2.13. The third-order valence-corrected chi connectivity index (χ3v) is 2.36. The third kappa shape index (κ3) is 3.93. The van der Waals surface area contributed by atoms with E-state index in [0.29, 0.717) is 18.0 Å². The second-order valence-electron chi connectivity index (χ2n) is 3.08. The monoisotopic (exact) mass is 231 g/mol. The summed E-state index contributed by atoms with van der Waals surface area (Å²) in [6.45, 7) is 1.80. The topological polar surface area (TPSA) is 59.1 Å². The van der Waals surface area contributed by atoms with Crippen molar-refractivity contribution in [2.24, 2.45) is 0 Å². The van der Waals surface area contributed by atoms with Crippen molar-refractivity contribution in [2.45, 2.75) is 13.3 Å². The van der Waals surface area contributed by atoms with Crippen LogP contribution in [-0.2, 0) is 10.0 Å². The van der Waals surface area contributed by atoms with E-state index in [9.17, 15) is 12.8 Å². The summed E-state index contributed by atoms with van der Waals surface area (Å²) in [5.41, 5.74) is 0.573. The summed E-state index contributed by atoms with van der Waals surface area (Å²) >= 11 is 0. The highest BCUT2D eigenvalue weighted by Crippen LogP contribution is 2.15. The largest absolute Gasteiger partial charge is 0.228 e. The molecule has 1 aromatic heterocycles. The van der Waals surface area contributed by atoms with Crippen molar-refractivity contribution in [2.75, 3.05) is 6.26 Å². The van der Waals surface area contributed by atoms with E-state index >= 15 is 0 Å².